The number of fused-ring (bicyclic) bond motifs is 1. The molecule has 11 heteroatoms. The first kappa shape index (κ1) is 21.1. The van der Waals surface area contributed by atoms with Gasteiger partial charge >= 0.3 is 5.76 Å². The largest absolute Gasteiger partial charge is 0.442 e. The van der Waals surface area contributed by atoms with E-state index < -0.39 is 11.7 Å². The third kappa shape index (κ3) is 4.05. The molecule has 1 N–H and O–H groups in total. The lowest BCUT2D eigenvalue weighted by Crippen LogP contribution is -2.28. The average Bonchev–Trinajstić information content (AvgIpc) is 3.55. The highest BCUT2D eigenvalue weighted by Crippen LogP contribution is 2.34. The standard InChI is InChI=1S/C22H23N7O4/c23-11-16-15-6-1-2-7-17(15)28(12-14-5-3-10-32-14)20(16)26-18(30)13-29-21(27-33-22(29)31)19-24-8-4-9-25-19/h4,8-9,14H,1-3,5-7,10,12-13H2,(H,26,30). The van der Waals surface area contributed by atoms with Crippen LogP contribution in [-0.4, -0.2) is 42.9 Å². The molecule has 1 aliphatic heterocycles. The van der Waals surface area contributed by atoms with E-state index in [0.717, 1.165) is 61.0 Å². The topological polar surface area (TPSA) is 141 Å². The SMILES string of the molecule is N#Cc1c2c(n(CC3CCCO3)c1NC(=O)Cn1c(-c3ncccn3)noc1=O)CCCC2. The highest BCUT2D eigenvalue weighted by Gasteiger charge is 2.29. The normalized spacial score (nSPS) is 17.5. The summed E-state index contributed by atoms with van der Waals surface area (Å²) in [4.78, 5) is 33.4. The Morgan fingerprint density at radius 2 is 2.03 bits per heavy atom. The lowest BCUT2D eigenvalue weighted by Gasteiger charge is -2.20. The molecule has 3 aromatic heterocycles. The fourth-order valence-corrected chi connectivity index (χ4v) is 4.61. The molecule has 170 valence electrons. The molecule has 0 aromatic carbocycles. The van der Waals surface area contributed by atoms with Gasteiger partial charge in [-0.1, -0.05) is 5.16 Å². The molecule has 0 spiro atoms. The van der Waals surface area contributed by atoms with Gasteiger partial charge in [-0.25, -0.2) is 19.3 Å². The molecular formula is C22H23N7O4. The predicted molar refractivity (Wildman–Crippen MR) is 115 cm³/mol. The fraction of sp³-hybridized carbons (Fsp3) is 0.455. The maximum Gasteiger partial charge on any atom is 0.442 e. The lowest BCUT2D eigenvalue weighted by atomic mass is 9.95. The molecule has 1 saturated heterocycles. The minimum absolute atomic E-state index is 0.0492. The number of hydrogen-bond donors (Lipinski definition) is 1. The van der Waals surface area contributed by atoms with Crippen LogP contribution in [0.4, 0.5) is 5.82 Å². The van der Waals surface area contributed by atoms with Gasteiger partial charge in [0, 0.05) is 24.7 Å². The van der Waals surface area contributed by atoms with E-state index in [-0.39, 0.29) is 24.3 Å². The van der Waals surface area contributed by atoms with Crippen molar-refractivity contribution in [2.45, 2.75) is 57.7 Å². The minimum atomic E-state index is -0.790. The molecule has 5 rings (SSSR count). The van der Waals surface area contributed by atoms with Crippen LogP contribution in [0.25, 0.3) is 11.6 Å². The number of hydrogen-bond acceptors (Lipinski definition) is 8. The molecule has 11 nitrogen and oxygen atoms in total. The quantitative estimate of drug-likeness (QED) is 0.599. The molecule has 0 radical (unpaired) electrons. The second-order valence-corrected chi connectivity index (χ2v) is 8.19. The van der Waals surface area contributed by atoms with E-state index in [0.29, 0.717) is 17.9 Å². The van der Waals surface area contributed by atoms with E-state index in [9.17, 15) is 14.9 Å². The van der Waals surface area contributed by atoms with Crippen molar-refractivity contribution in [3.63, 3.8) is 0 Å². The van der Waals surface area contributed by atoms with Gasteiger partial charge in [0.2, 0.25) is 11.7 Å². The van der Waals surface area contributed by atoms with Crippen molar-refractivity contribution >= 4 is 11.7 Å². The average molecular weight is 449 g/mol. The molecular weight excluding hydrogens is 426 g/mol. The number of aromatic nitrogens is 5. The van der Waals surface area contributed by atoms with Crippen LogP contribution in [0.2, 0.25) is 0 Å². The van der Waals surface area contributed by atoms with E-state index in [1.54, 1.807) is 6.07 Å². The van der Waals surface area contributed by atoms with Crippen molar-refractivity contribution in [2.75, 3.05) is 11.9 Å². The highest BCUT2D eigenvalue weighted by molar-refractivity contribution is 5.92. The van der Waals surface area contributed by atoms with Crippen molar-refractivity contribution < 1.29 is 14.1 Å². The molecule has 4 heterocycles. The summed E-state index contributed by atoms with van der Waals surface area (Å²) in [7, 11) is 0. The summed E-state index contributed by atoms with van der Waals surface area (Å²) in [5.74, 6) is -0.567. The summed E-state index contributed by atoms with van der Waals surface area (Å²) in [5, 5.41) is 16.5. The summed E-state index contributed by atoms with van der Waals surface area (Å²) >= 11 is 0. The van der Waals surface area contributed by atoms with Crippen LogP contribution in [0, 0.1) is 11.3 Å². The Morgan fingerprint density at radius 1 is 1.21 bits per heavy atom. The van der Waals surface area contributed by atoms with Crippen molar-refractivity contribution in [2.24, 2.45) is 0 Å². The van der Waals surface area contributed by atoms with E-state index in [1.165, 1.54) is 12.4 Å². The van der Waals surface area contributed by atoms with Gasteiger partial charge in [-0.05, 0) is 50.2 Å². The summed E-state index contributed by atoms with van der Waals surface area (Å²) in [5.41, 5.74) is 2.57. The maximum absolute atomic E-state index is 13.1. The van der Waals surface area contributed by atoms with Crippen LogP contribution in [0.15, 0.2) is 27.8 Å². The molecule has 1 amide bonds. The van der Waals surface area contributed by atoms with Crippen molar-refractivity contribution in [1.29, 1.82) is 5.26 Å². The third-order valence-corrected chi connectivity index (χ3v) is 6.11. The second-order valence-electron chi connectivity index (χ2n) is 8.19. The van der Waals surface area contributed by atoms with Gasteiger partial charge in [0.15, 0.2) is 5.82 Å². The molecule has 1 aliphatic carbocycles. The van der Waals surface area contributed by atoms with Crippen LogP contribution in [0.3, 0.4) is 0 Å². The van der Waals surface area contributed by atoms with E-state index in [4.69, 9.17) is 9.26 Å². The molecule has 0 bridgehead atoms. The van der Waals surface area contributed by atoms with Gasteiger partial charge in [-0.2, -0.15) is 5.26 Å². The van der Waals surface area contributed by atoms with Gasteiger partial charge in [0.1, 0.15) is 18.4 Å². The summed E-state index contributed by atoms with van der Waals surface area (Å²) in [6.07, 6.45) is 8.72. The Labute approximate surface area is 189 Å². The number of carbonyl (C=O) groups excluding carboxylic acids is 1. The molecule has 3 aromatic rings. The first-order valence-corrected chi connectivity index (χ1v) is 11.1. The number of nitriles is 1. The molecule has 33 heavy (non-hydrogen) atoms. The van der Waals surface area contributed by atoms with Crippen LogP contribution in [0.1, 0.15) is 42.5 Å². The lowest BCUT2D eigenvalue weighted by molar-refractivity contribution is -0.116. The maximum atomic E-state index is 13.1. The highest BCUT2D eigenvalue weighted by atomic mass is 16.5. The smallest absolute Gasteiger partial charge is 0.376 e. The number of amides is 1. The van der Waals surface area contributed by atoms with Crippen molar-refractivity contribution in [3.8, 4) is 17.7 Å². The van der Waals surface area contributed by atoms with E-state index in [2.05, 4.69) is 26.5 Å². The summed E-state index contributed by atoms with van der Waals surface area (Å²) in [6.45, 7) is 0.953. The van der Waals surface area contributed by atoms with Crippen molar-refractivity contribution in [3.05, 3.63) is 45.8 Å². The summed E-state index contributed by atoms with van der Waals surface area (Å²) in [6, 6.07) is 3.92. The molecule has 1 fully saturated rings. The third-order valence-electron chi connectivity index (χ3n) is 6.11. The Morgan fingerprint density at radius 3 is 2.79 bits per heavy atom. The number of rotatable bonds is 6. The summed E-state index contributed by atoms with van der Waals surface area (Å²) < 4.78 is 13.7. The Hall–Kier alpha value is -3.78. The first-order valence-electron chi connectivity index (χ1n) is 11.1. The number of nitrogens with one attached hydrogen (secondary N) is 1. The van der Waals surface area contributed by atoms with Gasteiger partial charge < -0.3 is 14.6 Å². The van der Waals surface area contributed by atoms with Crippen LogP contribution in [0.5, 0.6) is 0 Å². The Bertz CT molecular complexity index is 1260. The Kier molecular flexibility index (Phi) is 5.75. The molecule has 1 atom stereocenters. The van der Waals surface area contributed by atoms with Gasteiger partial charge in [-0.3, -0.25) is 9.32 Å². The Balaban J connectivity index is 1.45. The monoisotopic (exact) mass is 449 g/mol. The second kappa shape index (κ2) is 8.99. The zero-order chi connectivity index (χ0) is 22.8. The number of ether oxygens (including phenoxy) is 1. The minimum Gasteiger partial charge on any atom is -0.376 e. The molecule has 0 saturated carbocycles. The molecule has 1 unspecified atom stereocenters. The number of anilines is 1. The number of nitrogens with zero attached hydrogens (tertiary/aromatic N) is 6. The van der Waals surface area contributed by atoms with E-state index in [1.807, 2.05) is 4.57 Å². The van der Waals surface area contributed by atoms with Gasteiger partial charge in [0.25, 0.3) is 0 Å². The van der Waals surface area contributed by atoms with Crippen LogP contribution in [-0.2, 0) is 35.5 Å². The van der Waals surface area contributed by atoms with Gasteiger partial charge in [0.05, 0.1) is 18.2 Å². The first-order chi connectivity index (χ1) is 16.2. The van der Waals surface area contributed by atoms with Crippen LogP contribution < -0.4 is 11.1 Å². The zero-order valence-corrected chi connectivity index (χ0v) is 18.0. The van der Waals surface area contributed by atoms with Crippen LogP contribution >= 0.6 is 0 Å². The number of carbonyl (C=O) groups is 1. The van der Waals surface area contributed by atoms with Crippen molar-refractivity contribution in [1.82, 2.24) is 24.3 Å². The fourth-order valence-electron chi connectivity index (χ4n) is 4.61. The predicted octanol–water partition coefficient (Wildman–Crippen LogP) is 1.66. The van der Waals surface area contributed by atoms with E-state index >= 15 is 0 Å². The molecule has 2 aliphatic rings. The van der Waals surface area contributed by atoms with Gasteiger partial charge in [-0.15, -0.1) is 0 Å². The zero-order valence-electron chi connectivity index (χ0n) is 18.0.